The molecule has 150 valence electrons. The van der Waals surface area contributed by atoms with E-state index < -0.39 is 30.1 Å². The van der Waals surface area contributed by atoms with Crippen LogP contribution in [0.2, 0.25) is 0 Å². The summed E-state index contributed by atoms with van der Waals surface area (Å²) in [6, 6.07) is 6.01. The molecule has 0 saturated heterocycles. The van der Waals surface area contributed by atoms with E-state index in [9.17, 15) is 19.5 Å². The molecule has 0 spiro atoms. The third-order valence-corrected chi connectivity index (χ3v) is 3.91. The Balaban J connectivity index is 2.12. The smallest absolute Gasteiger partial charge is 0.341 e. The summed E-state index contributed by atoms with van der Waals surface area (Å²) in [7, 11) is 0. The molecule has 1 aromatic heterocycles. The number of carbonyl (C=O) groups is 3. The van der Waals surface area contributed by atoms with Crippen LogP contribution in [0, 0.1) is 6.92 Å². The van der Waals surface area contributed by atoms with Gasteiger partial charge in [-0.3, -0.25) is 0 Å². The number of carbonyl (C=O) groups excluding carboxylic acids is 2. The van der Waals surface area contributed by atoms with E-state index in [4.69, 9.17) is 9.84 Å². The largest absolute Gasteiger partial charge is 0.479 e. The lowest BCUT2D eigenvalue weighted by Gasteiger charge is -2.18. The summed E-state index contributed by atoms with van der Waals surface area (Å²) >= 11 is 0. The first-order chi connectivity index (χ1) is 13.2. The first-order valence-corrected chi connectivity index (χ1v) is 8.48. The van der Waals surface area contributed by atoms with E-state index in [-0.39, 0.29) is 6.61 Å². The van der Waals surface area contributed by atoms with E-state index in [1.807, 2.05) is 0 Å². The van der Waals surface area contributed by atoms with Crippen LogP contribution in [-0.4, -0.2) is 56.7 Å². The number of rotatable bonds is 7. The SMILES string of the molecule is CCOC(=O)c1cnn(-c2cccc(NC(=O)NCC(C)(O)C(=O)O)c2)c1C. The summed E-state index contributed by atoms with van der Waals surface area (Å²) in [6.07, 6.45) is 1.41. The number of amides is 2. The Bertz CT molecular complexity index is 890. The molecular formula is C18H22N4O6. The number of hydrogen-bond donors (Lipinski definition) is 4. The van der Waals surface area contributed by atoms with E-state index in [1.165, 1.54) is 10.9 Å². The van der Waals surface area contributed by atoms with E-state index in [1.54, 1.807) is 38.1 Å². The lowest BCUT2D eigenvalue weighted by molar-refractivity contribution is -0.155. The highest BCUT2D eigenvalue weighted by Crippen LogP contribution is 2.18. The number of aromatic nitrogens is 2. The maximum absolute atomic E-state index is 12.0. The minimum Gasteiger partial charge on any atom is -0.479 e. The number of anilines is 1. The molecule has 1 atom stereocenters. The maximum Gasteiger partial charge on any atom is 0.341 e. The van der Waals surface area contributed by atoms with Crippen LogP contribution in [-0.2, 0) is 9.53 Å². The number of aliphatic hydroxyl groups is 1. The van der Waals surface area contributed by atoms with Crippen molar-refractivity contribution in [3.8, 4) is 5.69 Å². The van der Waals surface area contributed by atoms with Crippen LogP contribution in [0.5, 0.6) is 0 Å². The third-order valence-electron chi connectivity index (χ3n) is 3.91. The van der Waals surface area contributed by atoms with Gasteiger partial charge in [-0.05, 0) is 39.0 Å². The van der Waals surface area contributed by atoms with Gasteiger partial charge in [-0.1, -0.05) is 6.07 Å². The van der Waals surface area contributed by atoms with Gasteiger partial charge in [0.25, 0.3) is 0 Å². The maximum atomic E-state index is 12.0. The van der Waals surface area contributed by atoms with Crippen LogP contribution in [0.4, 0.5) is 10.5 Å². The summed E-state index contributed by atoms with van der Waals surface area (Å²) in [5.74, 6) is -1.91. The Kier molecular flexibility index (Phi) is 6.37. The zero-order valence-corrected chi connectivity index (χ0v) is 15.7. The average molecular weight is 390 g/mol. The van der Waals surface area contributed by atoms with Gasteiger partial charge in [0, 0.05) is 5.69 Å². The number of nitrogens with one attached hydrogen (secondary N) is 2. The molecule has 10 heteroatoms. The molecule has 0 aliphatic heterocycles. The number of hydrogen-bond acceptors (Lipinski definition) is 6. The first kappa shape index (κ1) is 20.9. The van der Waals surface area contributed by atoms with Crippen LogP contribution < -0.4 is 10.6 Å². The number of esters is 1. The van der Waals surface area contributed by atoms with Crippen molar-refractivity contribution in [3.63, 3.8) is 0 Å². The molecular weight excluding hydrogens is 368 g/mol. The third kappa shape index (κ3) is 4.86. The topological polar surface area (TPSA) is 143 Å². The van der Waals surface area contributed by atoms with Crippen molar-refractivity contribution in [3.05, 3.63) is 41.7 Å². The van der Waals surface area contributed by atoms with E-state index in [0.717, 1.165) is 6.92 Å². The first-order valence-electron chi connectivity index (χ1n) is 8.48. The van der Waals surface area contributed by atoms with Crippen LogP contribution in [0.15, 0.2) is 30.5 Å². The average Bonchev–Trinajstić information content (AvgIpc) is 3.02. The fourth-order valence-corrected chi connectivity index (χ4v) is 2.30. The van der Waals surface area contributed by atoms with Gasteiger partial charge in [0.05, 0.1) is 30.7 Å². The number of benzene rings is 1. The number of ether oxygens (including phenoxy) is 1. The summed E-state index contributed by atoms with van der Waals surface area (Å²) < 4.78 is 6.52. The fraction of sp³-hybridized carbons (Fsp3) is 0.333. The summed E-state index contributed by atoms with van der Waals surface area (Å²) in [6.45, 7) is 4.31. The van der Waals surface area contributed by atoms with E-state index in [0.29, 0.717) is 22.6 Å². The van der Waals surface area contributed by atoms with Crippen molar-refractivity contribution in [2.24, 2.45) is 0 Å². The van der Waals surface area contributed by atoms with Gasteiger partial charge in [-0.25, -0.2) is 19.1 Å². The van der Waals surface area contributed by atoms with Crippen molar-refractivity contribution < 1.29 is 29.3 Å². The Morgan fingerprint density at radius 3 is 2.68 bits per heavy atom. The Hall–Kier alpha value is -3.40. The van der Waals surface area contributed by atoms with Crippen molar-refractivity contribution in [2.75, 3.05) is 18.5 Å². The van der Waals surface area contributed by atoms with Crippen molar-refractivity contribution in [1.82, 2.24) is 15.1 Å². The Labute approximate surface area is 161 Å². The van der Waals surface area contributed by atoms with Crippen LogP contribution in [0.3, 0.4) is 0 Å². The molecule has 2 rings (SSSR count). The van der Waals surface area contributed by atoms with Crippen molar-refractivity contribution in [1.29, 1.82) is 0 Å². The number of carboxylic acids is 1. The summed E-state index contributed by atoms with van der Waals surface area (Å²) in [4.78, 5) is 34.7. The monoisotopic (exact) mass is 390 g/mol. The fourth-order valence-electron chi connectivity index (χ4n) is 2.30. The molecule has 28 heavy (non-hydrogen) atoms. The van der Waals surface area contributed by atoms with Crippen LogP contribution in [0.25, 0.3) is 5.69 Å². The zero-order chi connectivity index (χ0) is 20.9. The molecule has 0 fully saturated rings. The Morgan fingerprint density at radius 1 is 1.32 bits per heavy atom. The molecule has 0 bridgehead atoms. The Morgan fingerprint density at radius 2 is 2.04 bits per heavy atom. The second-order valence-corrected chi connectivity index (χ2v) is 6.21. The second-order valence-electron chi connectivity index (χ2n) is 6.21. The standard InChI is InChI=1S/C18H22N4O6/c1-4-28-15(23)14-9-20-22(11(14)2)13-7-5-6-12(8-13)21-17(26)19-10-18(3,27)16(24)25/h5-9,27H,4,10H2,1-3H3,(H,24,25)(H2,19,21,26). The van der Waals surface area contributed by atoms with Gasteiger partial charge in [0.2, 0.25) is 0 Å². The molecule has 1 aromatic carbocycles. The van der Waals surface area contributed by atoms with Gasteiger partial charge in [-0.2, -0.15) is 5.10 Å². The minimum absolute atomic E-state index is 0.257. The van der Waals surface area contributed by atoms with Gasteiger partial charge in [-0.15, -0.1) is 0 Å². The molecule has 2 aromatic rings. The molecule has 0 aliphatic carbocycles. The quantitative estimate of drug-likeness (QED) is 0.522. The van der Waals surface area contributed by atoms with Gasteiger partial charge < -0.3 is 25.6 Å². The molecule has 2 amide bonds. The normalized spacial score (nSPS) is 12.7. The molecule has 0 aliphatic rings. The minimum atomic E-state index is -2.07. The van der Waals surface area contributed by atoms with Crippen LogP contribution >= 0.6 is 0 Å². The second kappa shape index (κ2) is 8.53. The van der Waals surface area contributed by atoms with Gasteiger partial charge in [0.15, 0.2) is 5.60 Å². The van der Waals surface area contributed by atoms with Gasteiger partial charge in [0.1, 0.15) is 5.56 Å². The van der Waals surface area contributed by atoms with Gasteiger partial charge >= 0.3 is 18.0 Å². The molecule has 1 heterocycles. The highest BCUT2D eigenvalue weighted by atomic mass is 16.5. The van der Waals surface area contributed by atoms with Crippen molar-refractivity contribution >= 4 is 23.7 Å². The number of nitrogens with zero attached hydrogens (tertiary/aromatic N) is 2. The van der Waals surface area contributed by atoms with E-state index in [2.05, 4.69) is 15.7 Å². The van der Waals surface area contributed by atoms with Crippen LogP contribution in [0.1, 0.15) is 29.9 Å². The lowest BCUT2D eigenvalue weighted by atomic mass is 10.1. The molecule has 0 radical (unpaired) electrons. The van der Waals surface area contributed by atoms with E-state index >= 15 is 0 Å². The number of carboxylic acid groups (broad SMARTS) is 1. The number of urea groups is 1. The highest BCUT2D eigenvalue weighted by Gasteiger charge is 2.30. The number of aliphatic carboxylic acids is 1. The lowest BCUT2D eigenvalue weighted by Crippen LogP contribution is -2.47. The molecule has 4 N–H and O–H groups in total. The van der Waals surface area contributed by atoms with Crippen molar-refractivity contribution in [2.45, 2.75) is 26.4 Å². The summed E-state index contributed by atoms with van der Waals surface area (Å²) in [5, 5.41) is 27.5. The molecule has 10 nitrogen and oxygen atoms in total. The molecule has 1 unspecified atom stereocenters. The summed E-state index contributed by atoms with van der Waals surface area (Å²) in [5.41, 5.74) is -0.137. The molecule has 0 saturated carbocycles. The zero-order valence-electron chi connectivity index (χ0n) is 15.7. The predicted octanol–water partition coefficient (Wildman–Crippen LogP) is 1.31. The predicted molar refractivity (Wildman–Crippen MR) is 99.5 cm³/mol. The highest BCUT2D eigenvalue weighted by molar-refractivity contribution is 5.91.